The minimum Gasteiger partial charge on any atom is -0.494 e. The summed E-state index contributed by atoms with van der Waals surface area (Å²) in [6, 6.07) is 5.64. The van der Waals surface area contributed by atoms with Crippen LogP contribution in [0.15, 0.2) is 23.2 Å². The Balaban J connectivity index is 3.28. The number of nitrogens with zero attached hydrogens (tertiary/aromatic N) is 1. The molecule has 0 aromatic heterocycles. The Morgan fingerprint density at radius 3 is 2.47 bits per heavy atom. The minimum atomic E-state index is 0.0272. The summed E-state index contributed by atoms with van der Waals surface area (Å²) >= 11 is 0. The van der Waals surface area contributed by atoms with Crippen LogP contribution < -0.4 is 4.74 Å². The summed E-state index contributed by atoms with van der Waals surface area (Å²) < 4.78 is 5.09. The zero-order chi connectivity index (χ0) is 11.5. The van der Waals surface area contributed by atoms with Crippen molar-refractivity contribution in [3.63, 3.8) is 0 Å². The summed E-state index contributed by atoms with van der Waals surface area (Å²) in [6.07, 6.45) is 1.53. The minimum absolute atomic E-state index is 0.0272. The normalized spacial score (nSPS) is 10.7. The van der Waals surface area contributed by atoms with Crippen LogP contribution in [0.1, 0.15) is 26.3 Å². The topological polar surface area (TPSA) is 38.7 Å². The largest absolute Gasteiger partial charge is 0.494 e. The Morgan fingerprint density at radius 1 is 1.33 bits per heavy atom. The quantitative estimate of drug-likeness (QED) is 0.550. The van der Waals surface area contributed by atoms with Crippen LogP contribution in [0.2, 0.25) is 0 Å². The highest BCUT2D eigenvalue weighted by molar-refractivity contribution is 5.59. The first-order valence-electron chi connectivity index (χ1n) is 4.75. The number of isocyanates is 1. The molecular formula is C12H15NO2. The third kappa shape index (κ3) is 2.67. The van der Waals surface area contributed by atoms with Gasteiger partial charge < -0.3 is 4.74 Å². The number of hydrogen-bond acceptors (Lipinski definition) is 3. The molecule has 0 heterocycles. The van der Waals surface area contributed by atoms with Gasteiger partial charge in [-0.25, -0.2) is 4.79 Å². The van der Waals surface area contributed by atoms with Crippen LogP contribution in [-0.2, 0) is 10.2 Å². The van der Waals surface area contributed by atoms with Crippen LogP contribution in [0.25, 0.3) is 0 Å². The molecule has 1 aromatic carbocycles. The van der Waals surface area contributed by atoms with E-state index in [9.17, 15) is 4.79 Å². The maximum atomic E-state index is 10.3. The second-order valence-electron chi connectivity index (χ2n) is 4.34. The van der Waals surface area contributed by atoms with Crippen LogP contribution >= 0.6 is 0 Å². The van der Waals surface area contributed by atoms with Gasteiger partial charge in [0, 0.05) is 0 Å². The third-order valence-corrected chi connectivity index (χ3v) is 2.21. The van der Waals surface area contributed by atoms with E-state index in [0.717, 1.165) is 5.56 Å². The van der Waals surface area contributed by atoms with Crippen LogP contribution in [-0.4, -0.2) is 13.2 Å². The summed E-state index contributed by atoms with van der Waals surface area (Å²) in [4.78, 5) is 13.9. The van der Waals surface area contributed by atoms with Crippen molar-refractivity contribution in [2.45, 2.75) is 26.2 Å². The van der Waals surface area contributed by atoms with Gasteiger partial charge in [-0.05, 0) is 23.1 Å². The molecule has 1 rings (SSSR count). The van der Waals surface area contributed by atoms with Gasteiger partial charge in [0.25, 0.3) is 0 Å². The zero-order valence-corrected chi connectivity index (χ0v) is 9.50. The Kier molecular flexibility index (Phi) is 3.28. The van der Waals surface area contributed by atoms with Crippen molar-refractivity contribution < 1.29 is 9.53 Å². The molecule has 0 spiro atoms. The van der Waals surface area contributed by atoms with E-state index in [-0.39, 0.29) is 5.41 Å². The molecule has 0 amide bonds. The van der Waals surface area contributed by atoms with E-state index >= 15 is 0 Å². The van der Waals surface area contributed by atoms with Crippen molar-refractivity contribution in [1.29, 1.82) is 0 Å². The maximum Gasteiger partial charge on any atom is 0.240 e. The third-order valence-electron chi connectivity index (χ3n) is 2.21. The van der Waals surface area contributed by atoms with Crippen molar-refractivity contribution in [1.82, 2.24) is 0 Å². The van der Waals surface area contributed by atoms with E-state index in [1.165, 1.54) is 6.08 Å². The van der Waals surface area contributed by atoms with E-state index in [1.807, 2.05) is 18.2 Å². The molecule has 15 heavy (non-hydrogen) atoms. The first-order chi connectivity index (χ1) is 6.99. The summed E-state index contributed by atoms with van der Waals surface area (Å²) in [5.74, 6) is 0.589. The lowest BCUT2D eigenvalue weighted by Crippen LogP contribution is -2.10. The van der Waals surface area contributed by atoms with Gasteiger partial charge in [-0.15, -0.1) is 0 Å². The van der Waals surface area contributed by atoms with Crippen molar-refractivity contribution in [2.24, 2.45) is 4.99 Å². The average Bonchev–Trinajstić information content (AvgIpc) is 2.17. The van der Waals surface area contributed by atoms with E-state index in [1.54, 1.807) is 7.11 Å². The molecule has 0 aliphatic carbocycles. The predicted octanol–water partition coefficient (Wildman–Crippen LogP) is 2.96. The number of benzene rings is 1. The Bertz CT molecular complexity index is 399. The molecule has 0 aliphatic heterocycles. The Hall–Kier alpha value is -1.60. The highest BCUT2D eigenvalue weighted by Crippen LogP contribution is 2.32. The molecule has 0 N–H and O–H groups in total. The van der Waals surface area contributed by atoms with Gasteiger partial charge >= 0.3 is 0 Å². The first kappa shape index (κ1) is 11.5. The fourth-order valence-corrected chi connectivity index (χ4v) is 1.29. The van der Waals surface area contributed by atoms with Gasteiger partial charge in [-0.2, -0.15) is 4.99 Å². The SMILES string of the molecule is COc1ccc(C(C)(C)C)cc1N=C=O. The predicted molar refractivity (Wildman–Crippen MR) is 59.5 cm³/mol. The van der Waals surface area contributed by atoms with Gasteiger partial charge in [-0.1, -0.05) is 26.8 Å². The second kappa shape index (κ2) is 4.28. The molecule has 1 aromatic rings. The smallest absolute Gasteiger partial charge is 0.240 e. The summed E-state index contributed by atoms with van der Waals surface area (Å²) in [7, 11) is 1.55. The van der Waals surface area contributed by atoms with Crippen LogP contribution in [0.4, 0.5) is 5.69 Å². The van der Waals surface area contributed by atoms with E-state index in [4.69, 9.17) is 4.74 Å². The first-order valence-corrected chi connectivity index (χ1v) is 4.75. The molecule has 0 saturated carbocycles. The molecule has 0 unspecified atom stereocenters. The molecular weight excluding hydrogens is 190 g/mol. The molecule has 0 saturated heterocycles. The summed E-state index contributed by atoms with van der Waals surface area (Å²) in [6.45, 7) is 6.30. The number of ether oxygens (including phenoxy) is 1. The van der Waals surface area contributed by atoms with Crippen molar-refractivity contribution >= 4 is 11.8 Å². The Morgan fingerprint density at radius 2 is 2.00 bits per heavy atom. The summed E-state index contributed by atoms with van der Waals surface area (Å²) in [5.41, 5.74) is 1.66. The molecule has 3 heteroatoms. The van der Waals surface area contributed by atoms with E-state index in [2.05, 4.69) is 25.8 Å². The maximum absolute atomic E-state index is 10.3. The number of carbonyl (C=O) groups excluding carboxylic acids is 1. The lowest BCUT2D eigenvalue weighted by Gasteiger charge is -2.19. The summed E-state index contributed by atoms with van der Waals surface area (Å²) in [5, 5.41) is 0. The van der Waals surface area contributed by atoms with Crippen LogP contribution in [0.3, 0.4) is 0 Å². The number of aliphatic imine (C=N–C) groups is 1. The van der Waals surface area contributed by atoms with Gasteiger partial charge in [0.05, 0.1) is 7.11 Å². The molecule has 0 aliphatic rings. The highest BCUT2D eigenvalue weighted by Gasteiger charge is 2.15. The number of hydrogen-bond donors (Lipinski definition) is 0. The second-order valence-corrected chi connectivity index (χ2v) is 4.34. The fraction of sp³-hybridized carbons (Fsp3) is 0.417. The zero-order valence-electron chi connectivity index (χ0n) is 9.50. The van der Waals surface area contributed by atoms with Gasteiger partial charge in [0.1, 0.15) is 11.4 Å². The molecule has 0 radical (unpaired) electrons. The average molecular weight is 205 g/mol. The van der Waals surface area contributed by atoms with Gasteiger partial charge in [-0.3, -0.25) is 0 Å². The van der Waals surface area contributed by atoms with Gasteiger partial charge in [0.2, 0.25) is 6.08 Å². The highest BCUT2D eigenvalue weighted by atomic mass is 16.5. The van der Waals surface area contributed by atoms with Crippen molar-refractivity contribution in [3.05, 3.63) is 23.8 Å². The molecule has 80 valence electrons. The van der Waals surface area contributed by atoms with Crippen molar-refractivity contribution in [2.75, 3.05) is 7.11 Å². The van der Waals surface area contributed by atoms with Crippen molar-refractivity contribution in [3.8, 4) is 5.75 Å². The standard InChI is InChI=1S/C12H15NO2/c1-12(2,3)9-5-6-11(15-4)10(7-9)13-8-14/h5-7H,1-4H3. The molecule has 0 atom stereocenters. The molecule has 3 nitrogen and oxygen atoms in total. The number of rotatable bonds is 2. The monoisotopic (exact) mass is 205 g/mol. The fourth-order valence-electron chi connectivity index (χ4n) is 1.29. The Labute approximate surface area is 89.8 Å². The van der Waals surface area contributed by atoms with E-state index in [0.29, 0.717) is 11.4 Å². The molecule has 0 bridgehead atoms. The number of methoxy groups -OCH3 is 1. The van der Waals surface area contributed by atoms with Gasteiger partial charge in [0.15, 0.2) is 0 Å². The van der Waals surface area contributed by atoms with Crippen LogP contribution in [0, 0.1) is 0 Å². The molecule has 0 fully saturated rings. The lowest BCUT2D eigenvalue weighted by atomic mass is 9.87. The lowest BCUT2D eigenvalue weighted by molar-refractivity contribution is 0.415. The van der Waals surface area contributed by atoms with E-state index < -0.39 is 0 Å². The van der Waals surface area contributed by atoms with Crippen LogP contribution in [0.5, 0.6) is 5.75 Å².